The number of carbonyl (C=O) groups is 2. The van der Waals surface area contributed by atoms with E-state index < -0.39 is 43.6 Å². The molecule has 0 aliphatic rings. The van der Waals surface area contributed by atoms with Gasteiger partial charge in [-0.05, 0) is 12.1 Å². The highest BCUT2D eigenvalue weighted by Gasteiger charge is 2.15. The Morgan fingerprint density at radius 2 is 1.28 bits per heavy atom. The normalized spacial score (nSPS) is 11.8. The Bertz CT molecular complexity index is 801. The van der Waals surface area contributed by atoms with E-state index in [1.54, 1.807) is 7.85 Å². The minimum absolute atomic E-state index is 0.157. The zero-order chi connectivity index (χ0) is 19.3. The molecule has 1 rings (SSSR count). The molecule has 0 aliphatic heterocycles. The Kier molecular flexibility index (Phi) is 7.04. The molecule has 0 unspecified atom stereocenters. The molecule has 1 aromatic heterocycles. The highest BCUT2D eigenvalue weighted by molar-refractivity contribution is 7.86. The van der Waals surface area contributed by atoms with Crippen LogP contribution in [0.4, 0.5) is 0 Å². The van der Waals surface area contributed by atoms with Gasteiger partial charge in [0.25, 0.3) is 32.1 Å². The minimum Gasteiger partial charge on any atom is -0.350 e. The molecule has 0 aromatic carbocycles. The van der Waals surface area contributed by atoms with Crippen LogP contribution in [-0.2, 0) is 20.2 Å². The first-order valence-electron chi connectivity index (χ1n) is 6.83. The monoisotopic (exact) mass is 393 g/mol. The molecule has 0 radical (unpaired) electrons. The molecule has 25 heavy (non-hydrogen) atoms. The van der Waals surface area contributed by atoms with E-state index >= 15 is 0 Å². The van der Waals surface area contributed by atoms with Crippen LogP contribution in [0.5, 0.6) is 0 Å². The van der Waals surface area contributed by atoms with Crippen molar-refractivity contribution >= 4 is 45.4 Å². The molecule has 11 nitrogen and oxygen atoms in total. The van der Waals surface area contributed by atoms with Crippen LogP contribution in [0, 0.1) is 0 Å². The fraction of sp³-hybridized carbons (Fsp3) is 0.364. The molecule has 2 amide bonds. The van der Waals surface area contributed by atoms with Crippen molar-refractivity contribution in [1.29, 1.82) is 0 Å². The fourth-order valence-electron chi connectivity index (χ4n) is 1.67. The van der Waals surface area contributed by atoms with E-state index in [4.69, 9.17) is 9.11 Å². The van der Waals surface area contributed by atoms with Gasteiger partial charge in [-0.25, -0.2) is 4.98 Å². The lowest BCUT2D eigenvalue weighted by atomic mass is 9.95. The molecule has 4 N–H and O–H groups in total. The summed E-state index contributed by atoms with van der Waals surface area (Å²) in [6.07, 6.45) is 0. The van der Waals surface area contributed by atoms with E-state index in [1.165, 1.54) is 12.1 Å². The van der Waals surface area contributed by atoms with Gasteiger partial charge in [0.15, 0.2) is 0 Å². The number of nitrogens with one attached hydrogen (secondary N) is 2. The van der Waals surface area contributed by atoms with Crippen molar-refractivity contribution in [2.45, 2.75) is 0 Å². The highest BCUT2D eigenvalue weighted by Crippen LogP contribution is 1.98. The average Bonchev–Trinajstić information content (AvgIpc) is 2.43. The summed E-state index contributed by atoms with van der Waals surface area (Å²) in [6.45, 7) is -0.688. The Morgan fingerprint density at radius 3 is 1.60 bits per heavy atom. The maximum atomic E-state index is 11.9. The summed E-state index contributed by atoms with van der Waals surface area (Å²) in [4.78, 5) is 27.6. The molecule has 1 aromatic rings. The number of amides is 2. The maximum absolute atomic E-state index is 11.9. The first-order valence-corrected chi connectivity index (χ1v) is 10.0. The molecule has 0 spiro atoms. The lowest BCUT2D eigenvalue weighted by Gasteiger charge is -2.08. The van der Waals surface area contributed by atoms with Crippen molar-refractivity contribution in [3.05, 3.63) is 23.5 Å². The van der Waals surface area contributed by atoms with Crippen LogP contribution < -0.4 is 16.1 Å². The first kappa shape index (κ1) is 21.0. The third-order valence-corrected chi connectivity index (χ3v) is 4.17. The standard InChI is InChI=1S/C11H16BN3O8S2/c12-7-5-8(10(16)13-1-3-24(18,19)20)15-9(6-7)11(17)14-2-4-25(21,22)23/h5-6H,1-4,12H2,(H,13,16)(H,14,17)(H,18,19,20)(H,21,22,23). The topological polar surface area (TPSA) is 180 Å². The average molecular weight is 393 g/mol. The SMILES string of the molecule is Bc1cc(C(=O)NCCS(=O)(=O)O)nc(C(=O)NCCS(=O)(=O)O)c1. The van der Waals surface area contributed by atoms with Gasteiger partial charge in [-0.1, -0.05) is 5.46 Å². The Morgan fingerprint density at radius 1 is 0.920 bits per heavy atom. The second-order valence-corrected chi connectivity index (χ2v) is 8.14. The summed E-state index contributed by atoms with van der Waals surface area (Å²) in [5, 5.41) is 4.45. The molecular weight excluding hydrogens is 377 g/mol. The Balaban J connectivity index is 2.77. The van der Waals surface area contributed by atoms with Crippen LogP contribution in [0.1, 0.15) is 21.0 Å². The smallest absolute Gasteiger partial charge is 0.269 e. The van der Waals surface area contributed by atoms with Gasteiger partial charge >= 0.3 is 0 Å². The Hall–Kier alpha value is -2.03. The van der Waals surface area contributed by atoms with E-state index in [9.17, 15) is 26.4 Å². The quantitative estimate of drug-likeness (QED) is 0.258. The van der Waals surface area contributed by atoms with Crippen LogP contribution in [0.15, 0.2) is 12.1 Å². The lowest BCUT2D eigenvalue weighted by Crippen LogP contribution is -2.33. The molecule has 138 valence electrons. The summed E-state index contributed by atoms with van der Waals surface area (Å²) in [5.74, 6) is -2.85. The second-order valence-electron chi connectivity index (χ2n) is 5.00. The van der Waals surface area contributed by atoms with Gasteiger partial charge in [-0.2, -0.15) is 16.8 Å². The van der Waals surface area contributed by atoms with E-state index in [1.807, 2.05) is 0 Å². The first-order chi connectivity index (χ1) is 11.4. The lowest BCUT2D eigenvalue weighted by molar-refractivity contribution is 0.0947. The summed E-state index contributed by atoms with van der Waals surface area (Å²) in [5.41, 5.74) is 0.195. The summed E-state index contributed by atoms with van der Waals surface area (Å²) in [6, 6.07) is 2.72. The molecular formula is C11H16BN3O8S2. The summed E-state index contributed by atoms with van der Waals surface area (Å²) in [7, 11) is -6.86. The number of nitrogens with zero attached hydrogens (tertiary/aromatic N) is 1. The third-order valence-electron chi connectivity index (χ3n) is 2.73. The predicted octanol–water partition coefficient (Wildman–Crippen LogP) is -3.42. The van der Waals surface area contributed by atoms with E-state index in [-0.39, 0.29) is 24.5 Å². The molecule has 1 heterocycles. The van der Waals surface area contributed by atoms with Gasteiger partial charge in [0.2, 0.25) is 0 Å². The fourth-order valence-corrected chi connectivity index (χ4v) is 2.39. The molecule has 0 fully saturated rings. The number of rotatable bonds is 8. The molecule has 0 saturated carbocycles. The summed E-state index contributed by atoms with van der Waals surface area (Å²) >= 11 is 0. The van der Waals surface area contributed by atoms with Crippen molar-refractivity contribution in [2.75, 3.05) is 24.6 Å². The van der Waals surface area contributed by atoms with Crippen LogP contribution >= 0.6 is 0 Å². The van der Waals surface area contributed by atoms with Crippen molar-refractivity contribution in [1.82, 2.24) is 15.6 Å². The predicted molar refractivity (Wildman–Crippen MR) is 89.9 cm³/mol. The number of hydrogen-bond acceptors (Lipinski definition) is 7. The summed E-state index contributed by atoms with van der Waals surface area (Å²) < 4.78 is 59.6. The third kappa shape index (κ3) is 8.58. The van der Waals surface area contributed by atoms with Gasteiger partial charge in [-0.15, -0.1) is 0 Å². The largest absolute Gasteiger partial charge is 0.350 e. The molecule has 0 bridgehead atoms. The molecule has 0 aliphatic carbocycles. The maximum Gasteiger partial charge on any atom is 0.269 e. The van der Waals surface area contributed by atoms with Crippen molar-refractivity contribution < 1.29 is 35.5 Å². The van der Waals surface area contributed by atoms with Gasteiger partial charge in [-0.3, -0.25) is 18.7 Å². The van der Waals surface area contributed by atoms with Crippen molar-refractivity contribution in [2.24, 2.45) is 0 Å². The second kappa shape index (κ2) is 8.38. The van der Waals surface area contributed by atoms with Gasteiger partial charge in [0, 0.05) is 13.1 Å². The van der Waals surface area contributed by atoms with Crippen LogP contribution in [0.2, 0.25) is 0 Å². The number of hydrogen-bond donors (Lipinski definition) is 4. The molecule has 14 heteroatoms. The number of aromatic nitrogens is 1. The van der Waals surface area contributed by atoms with Gasteiger partial charge in [0.1, 0.15) is 19.2 Å². The zero-order valence-corrected chi connectivity index (χ0v) is 14.7. The number of pyridine rings is 1. The highest BCUT2D eigenvalue weighted by atomic mass is 32.2. The Labute approximate surface area is 145 Å². The molecule has 0 atom stereocenters. The van der Waals surface area contributed by atoms with Crippen LogP contribution in [0.3, 0.4) is 0 Å². The molecule has 0 saturated heterocycles. The van der Waals surface area contributed by atoms with Crippen molar-refractivity contribution in [3.63, 3.8) is 0 Å². The minimum atomic E-state index is -4.22. The number of carbonyl (C=O) groups excluding carboxylic acids is 2. The van der Waals surface area contributed by atoms with Crippen LogP contribution in [0.25, 0.3) is 0 Å². The van der Waals surface area contributed by atoms with E-state index in [0.29, 0.717) is 5.46 Å². The van der Waals surface area contributed by atoms with Crippen molar-refractivity contribution in [3.8, 4) is 0 Å². The zero-order valence-electron chi connectivity index (χ0n) is 13.1. The van der Waals surface area contributed by atoms with Crippen LogP contribution in [-0.4, -0.2) is 75.2 Å². The van der Waals surface area contributed by atoms with Gasteiger partial charge in [0.05, 0.1) is 11.5 Å². The van der Waals surface area contributed by atoms with E-state index in [0.717, 1.165) is 0 Å². The van der Waals surface area contributed by atoms with Gasteiger partial charge < -0.3 is 10.6 Å². The van der Waals surface area contributed by atoms with E-state index in [2.05, 4.69) is 15.6 Å².